The molecule has 2 aliphatic rings. The lowest BCUT2D eigenvalue weighted by atomic mass is 9.83. The Labute approximate surface area is 226 Å². The monoisotopic (exact) mass is 542 g/mol. The van der Waals surface area contributed by atoms with Gasteiger partial charge < -0.3 is 17.9 Å². The van der Waals surface area contributed by atoms with E-state index in [1.165, 1.54) is 95.7 Å². The van der Waals surface area contributed by atoms with E-state index in [-0.39, 0.29) is 0 Å². The van der Waals surface area contributed by atoms with Crippen LogP contribution in [0.4, 0.5) is 0 Å². The van der Waals surface area contributed by atoms with Gasteiger partial charge in [-0.05, 0) is 122 Å². The van der Waals surface area contributed by atoms with Crippen molar-refractivity contribution in [3.8, 4) is 0 Å². The molecule has 2 unspecified atom stereocenters. The Kier molecular flexibility index (Phi) is 17.5. The van der Waals surface area contributed by atoms with Gasteiger partial charge in [0.05, 0.1) is 31.2 Å². The first-order chi connectivity index (χ1) is 15.8. The molecule has 0 aromatic carbocycles. The third kappa shape index (κ3) is 13.9. The first-order valence-corrected chi connectivity index (χ1v) is 17.6. The molecular weight excluding hydrogens is 481 g/mol. The Bertz CT molecular complexity index is 578. The zero-order chi connectivity index (χ0) is 26.4. The third-order valence-electron chi connectivity index (χ3n) is 8.30. The van der Waals surface area contributed by atoms with E-state index in [4.69, 9.17) is 0 Å². The molecule has 0 aliphatic carbocycles. The quantitative estimate of drug-likeness (QED) is 0.540. The smallest absolute Gasteiger partial charge is 0.112 e. The second-order valence-electron chi connectivity index (χ2n) is 11.9. The van der Waals surface area contributed by atoms with Gasteiger partial charge in [0.25, 0.3) is 0 Å². The van der Waals surface area contributed by atoms with Gasteiger partial charge in [-0.3, -0.25) is 0 Å². The highest BCUT2D eigenvalue weighted by molar-refractivity contribution is 6.06. The zero-order valence-electron chi connectivity index (χ0n) is 25.3. The predicted octanol–water partition coefficient (Wildman–Crippen LogP) is 1.84. The summed E-state index contributed by atoms with van der Waals surface area (Å²) < 4.78 is 9.91. The molecule has 1 aromatic rings. The number of hydrogen-bond acceptors (Lipinski definition) is 3. The molecule has 202 valence electrons. The number of aromatic nitrogens is 1. The van der Waals surface area contributed by atoms with Gasteiger partial charge in [0.2, 0.25) is 0 Å². The van der Waals surface area contributed by atoms with Gasteiger partial charge in [0.1, 0.15) is 10.4 Å². The predicted molar refractivity (Wildman–Crippen MR) is 170 cm³/mol. The molecule has 1 aromatic heterocycles. The van der Waals surface area contributed by atoms with Gasteiger partial charge in [0.15, 0.2) is 0 Å². The van der Waals surface area contributed by atoms with Crippen LogP contribution in [0.25, 0.3) is 0 Å². The summed E-state index contributed by atoms with van der Waals surface area (Å²) in [6.07, 6.45) is 15.2. The summed E-state index contributed by atoms with van der Waals surface area (Å²) in [6, 6.07) is 5.66. The number of rotatable bonds is 4. The molecule has 34 heavy (non-hydrogen) atoms. The summed E-state index contributed by atoms with van der Waals surface area (Å²) in [5, 5.41) is 0. The number of hydrogen-bond donors (Lipinski definition) is 0. The summed E-state index contributed by atoms with van der Waals surface area (Å²) in [5.74, 6) is 0. The van der Waals surface area contributed by atoms with E-state index in [1.807, 2.05) is 12.1 Å². The molecule has 2 atom stereocenters. The Morgan fingerprint density at radius 3 is 1.41 bits per heavy atom. The molecule has 0 spiro atoms. The minimum absolute atomic E-state index is 0.466. The second kappa shape index (κ2) is 17.5. The Morgan fingerprint density at radius 1 is 0.765 bits per heavy atom. The van der Waals surface area contributed by atoms with Crippen molar-refractivity contribution in [2.24, 2.45) is 0 Å². The van der Waals surface area contributed by atoms with E-state index < -0.39 is 0 Å². The van der Waals surface area contributed by atoms with Crippen LogP contribution in [0.3, 0.4) is 0 Å². The summed E-state index contributed by atoms with van der Waals surface area (Å²) in [5.41, 5.74) is 0.932. The highest BCUT2D eigenvalue weighted by Gasteiger charge is 2.37. The van der Waals surface area contributed by atoms with Crippen molar-refractivity contribution in [1.82, 2.24) is 17.9 Å². The second-order valence-corrected chi connectivity index (χ2v) is 16.2. The topological polar surface area (TPSA) is 14.7 Å². The highest BCUT2D eigenvalue weighted by Crippen LogP contribution is 2.35. The molecule has 2 fully saturated rings. The van der Waals surface area contributed by atoms with Gasteiger partial charge in [0, 0.05) is 11.1 Å². The molecule has 3 rings (SSSR count). The maximum Gasteiger partial charge on any atom is 0.112 e. The van der Waals surface area contributed by atoms with Crippen molar-refractivity contribution in [2.75, 3.05) is 13.1 Å². The van der Waals surface area contributed by atoms with Crippen molar-refractivity contribution in [3.63, 3.8) is 0 Å². The van der Waals surface area contributed by atoms with Crippen molar-refractivity contribution in [1.29, 1.82) is 0 Å². The SMILES string of the molecule is CC1(C)CCCC(C)(C)N1[SiH3].CCC(C)N([SiH3])C(C)CC.[SiH3]N1CCCCC1.[SiH3]n1cccc1. The van der Waals surface area contributed by atoms with Gasteiger partial charge in [-0.15, -0.1) is 0 Å². The molecule has 3 heterocycles. The number of nitrogens with zero attached hydrogens (tertiary/aromatic N) is 4. The average Bonchev–Trinajstić information content (AvgIpc) is 3.28. The largest absolute Gasteiger partial charge is 0.390 e. The Balaban J connectivity index is 0.000000438. The van der Waals surface area contributed by atoms with Gasteiger partial charge in [-0.1, -0.05) is 34.1 Å². The average molecular weight is 543 g/mol. The first kappa shape index (κ1) is 34.0. The van der Waals surface area contributed by atoms with Crippen LogP contribution in [0.2, 0.25) is 0 Å². The maximum atomic E-state index is 2.66. The van der Waals surface area contributed by atoms with Crippen molar-refractivity contribution < 1.29 is 0 Å². The van der Waals surface area contributed by atoms with Crippen LogP contribution < -0.4 is 0 Å². The summed E-state index contributed by atoms with van der Waals surface area (Å²) >= 11 is 0. The van der Waals surface area contributed by atoms with Crippen molar-refractivity contribution >= 4 is 41.6 Å². The van der Waals surface area contributed by atoms with Crippen LogP contribution in [0.1, 0.15) is 107 Å². The lowest BCUT2D eigenvalue weighted by Crippen LogP contribution is -2.57. The first-order valence-electron chi connectivity index (χ1n) is 14.0. The third-order valence-corrected chi connectivity index (χ3v) is 14.0. The van der Waals surface area contributed by atoms with E-state index in [2.05, 4.69) is 85.7 Å². The van der Waals surface area contributed by atoms with Crippen LogP contribution in [-0.4, -0.2) is 95.8 Å². The van der Waals surface area contributed by atoms with Crippen LogP contribution in [0, 0.1) is 0 Å². The molecule has 2 aliphatic heterocycles. The van der Waals surface area contributed by atoms with Gasteiger partial charge in [-0.25, -0.2) is 0 Å². The van der Waals surface area contributed by atoms with Gasteiger partial charge in [-0.2, -0.15) is 0 Å². The lowest BCUT2D eigenvalue weighted by molar-refractivity contribution is 0.0577. The molecule has 0 N–H and O–H groups in total. The Morgan fingerprint density at radius 2 is 1.18 bits per heavy atom. The minimum Gasteiger partial charge on any atom is -0.390 e. The molecular formula is C26H62N4Si4. The maximum absolute atomic E-state index is 2.66. The molecule has 2 saturated heterocycles. The minimum atomic E-state index is 0.466. The molecule has 0 bridgehead atoms. The molecule has 8 heteroatoms. The van der Waals surface area contributed by atoms with Crippen molar-refractivity contribution in [3.05, 3.63) is 24.5 Å². The molecule has 4 nitrogen and oxygen atoms in total. The number of piperidine rings is 2. The van der Waals surface area contributed by atoms with Crippen LogP contribution in [-0.2, 0) is 0 Å². The standard InChI is InChI=1S/C9H21NSi.C8H21NSi.C5H13NSi.C4H7NSi/c1-8(2)6-5-7-9(3,4)10(8)11;1-5-7(3)9(10)8(4)6-2;7-6-4-2-1-3-5-6;6-5-3-1-2-4-5/h5-7H2,1-4,11H3;7-8H,5-6H2,1-4,10H3;1-5H2,7H3;1-4H,6H3. The Hall–Kier alpha value is 0.0275. The molecule has 0 radical (unpaired) electrons. The summed E-state index contributed by atoms with van der Waals surface area (Å²) in [6.45, 7) is 21.4. The summed E-state index contributed by atoms with van der Waals surface area (Å²) in [4.78, 5) is 0. The zero-order valence-corrected chi connectivity index (χ0v) is 33.3. The van der Waals surface area contributed by atoms with E-state index in [0.717, 1.165) is 22.5 Å². The van der Waals surface area contributed by atoms with Crippen LogP contribution >= 0.6 is 0 Å². The van der Waals surface area contributed by atoms with Crippen molar-refractivity contribution in [2.45, 2.75) is 130 Å². The van der Waals surface area contributed by atoms with Gasteiger partial charge >= 0.3 is 0 Å². The van der Waals surface area contributed by atoms with Crippen LogP contribution in [0.15, 0.2) is 24.5 Å². The fourth-order valence-electron chi connectivity index (χ4n) is 4.59. The van der Waals surface area contributed by atoms with E-state index in [0.29, 0.717) is 11.1 Å². The molecule has 0 saturated carbocycles. The van der Waals surface area contributed by atoms with E-state index >= 15 is 0 Å². The molecule has 0 amide bonds. The summed E-state index contributed by atoms with van der Waals surface area (Å²) in [7, 11) is 4.81. The fourth-order valence-corrected chi connectivity index (χ4v) is 6.75. The van der Waals surface area contributed by atoms with E-state index in [9.17, 15) is 0 Å². The highest BCUT2D eigenvalue weighted by atomic mass is 28.2. The van der Waals surface area contributed by atoms with E-state index in [1.54, 1.807) is 0 Å². The normalized spacial score (nSPS) is 22.0. The fraction of sp³-hybridized carbons (Fsp3) is 0.846. The van der Waals surface area contributed by atoms with Crippen LogP contribution in [0.5, 0.6) is 0 Å². The lowest BCUT2D eigenvalue weighted by Gasteiger charge is -2.51.